The summed E-state index contributed by atoms with van der Waals surface area (Å²) in [6.45, 7) is 1.84. The van der Waals surface area contributed by atoms with Crippen molar-refractivity contribution >= 4 is 5.65 Å². The zero-order valence-electron chi connectivity index (χ0n) is 14.0. The van der Waals surface area contributed by atoms with Crippen LogP contribution < -0.4 is 0 Å². The van der Waals surface area contributed by atoms with Crippen molar-refractivity contribution in [2.75, 3.05) is 0 Å². The van der Waals surface area contributed by atoms with Crippen LogP contribution in [0.5, 0.6) is 0 Å². The van der Waals surface area contributed by atoms with E-state index in [4.69, 9.17) is 0 Å². The highest BCUT2D eigenvalue weighted by atomic mass is 19.4. The molecule has 0 atom stereocenters. The van der Waals surface area contributed by atoms with Gasteiger partial charge in [-0.2, -0.15) is 18.3 Å². The third kappa shape index (κ3) is 3.14. The van der Waals surface area contributed by atoms with E-state index in [0.29, 0.717) is 16.9 Å². The third-order valence-electron chi connectivity index (χ3n) is 4.16. The van der Waals surface area contributed by atoms with Crippen LogP contribution in [0.3, 0.4) is 0 Å². The Kier molecular flexibility index (Phi) is 3.91. The Hall–Kier alpha value is -3.29. The molecule has 0 bridgehead atoms. The summed E-state index contributed by atoms with van der Waals surface area (Å²) >= 11 is 0. The Balaban J connectivity index is 1.92. The first-order chi connectivity index (χ1) is 12.8. The van der Waals surface area contributed by atoms with Gasteiger partial charge in [0, 0.05) is 23.5 Å². The molecule has 8 heteroatoms. The molecule has 0 saturated heterocycles. The standard InChI is InChI=1S/C19H12F4N4/c1-11-6-14(12-4-5-27-17(8-12)25-10-26-27)18(24-9-11)13-2-3-16(20)15(7-13)19(21,22)23/h2-10H,1H3. The van der Waals surface area contributed by atoms with Gasteiger partial charge < -0.3 is 0 Å². The molecule has 4 aromatic rings. The van der Waals surface area contributed by atoms with Gasteiger partial charge in [0.2, 0.25) is 0 Å². The van der Waals surface area contributed by atoms with Crippen LogP contribution >= 0.6 is 0 Å². The molecule has 136 valence electrons. The van der Waals surface area contributed by atoms with Crippen LogP contribution in [-0.4, -0.2) is 19.6 Å². The number of hydrogen-bond donors (Lipinski definition) is 0. The third-order valence-corrected chi connectivity index (χ3v) is 4.16. The summed E-state index contributed by atoms with van der Waals surface area (Å²) in [5.74, 6) is -1.32. The minimum Gasteiger partial charge on any atom is -0.255 e. The molecule has 27 heavy (non-hydrogen) atoms. The fourth-order valence-electron chi connectivity index (χ4n) is 2.89. The molecule has 0 aliphatic heterocycles. The molecule has 0 fully saturated rings. The fourth-order valence-corrected chi connectivity index (χ4v) is 2.89. The van der Waals surface area contributed by atoms with E-state index >= 15 is 0 Å². The van der Waals surface area contributed by atoms with Gasteiger partial charge in [0.1, 0.15) is 12.1 Å². The monoisotopic (exact) mass is 372 g/mol. The maximum Gasteiger partial charge on any atom is 0.419 e. The lowest BCUT2D eigenvalue weighted by Gasteiger charge is -2.13. The number of alkyl halides is 3. The predicted octanol–water partition coefficient (Wildman–Crippen LogP) is 4.92. The van der Waals surface area contributed by atoms with Crippen molar-refractivity contribution in [2.45, 2.75) is 13.1 Å². The Bertz CT molecular complexity index is 1150. The molecule has 0 aliphatic carbocycles. The number of aromatic nitrogens is 4. The molecule has 0 spiro atoms. The Morgan fingerprint density at radius 2 is 1.78 bits per heavy atom. The van der Waals surface area contributed by atoms with E-state index in [1.54, 1.807) is 29.0 Å². The number of halogens is 4. The second-order valence-electron chi connectivity index (χ2n) is 6.08. The molecular formula is C19H12F4N4. The van der Waals surface area contributed by atoms with Gasteiger partial charge in [-0.1, -0.05) is 0 Å². The number of nitrogens with zero attached hydrogens (tertiary/aromatic N) is 4. The van der Waals surface area contributed by atoms with E-state index in [9.17, 15) is 17.6 Å². The average molecular weight is 372 g/mol. The van der Waals surface area contributed by atoms with E-state index in [1.807, 2.05) is 13.0 Å². The number of rotatable bonds is 2. The molecule has 3 heterocycles. The summed E-state index contributed by atoms with van der Waals surface area (Å²) in [6.07, 6.45) is -0.115. The van der Waals surface area contributed by atoms with Crippen LogP contribution in [0.15, 0.2) is 55.1 Å². The first kappa shape index (κ1) is 17.1. The molecule has 0 radical (unpaired) electrons. The Morgan fingerprint density at radius 3 is 2.56 bits per heavy atom. The molecule has 0 saturated carbocycles. The van der Waals surface area contributed by atoms with Crippen molar-refractivity contribution in [1.29, 1.82) is 0 Å². The van der Waals surface area contributed by atoms with Crippen LogP contribution in [0.2, 0.25) is 0 Å². The number of fused-ring (bicyclic) bond motifs is 1. The summed E-state index contributed by atoms with van der Waals surface area (Å²) < 4.78 is 54.5. The van der Waals surface area contributed by atoms with Crippen LogP contribution in [0, 0.1) is 12.7 Å². The molecular weight excluding hydrogens is 360 g/mol. The van der Waals surface area contributed by atoms with Gasteiger partial charge in [-0.3, -0.25) is 4.98 Å². The summed E-state index contributed by atoms with van der Waals surface area (Å²) in [6, 6.07) is 8.25. The number of aryl methyl sites for hydroxylation is 1. The van der Waals surface area contributed by atoms with E-state index in [1.165, 1.54) is 12.4 Å². The predicted molar refractivity (Wildman–Crippen MR) is 91.4 cm³/mol. The summed E-state index contributed by atoms with van der Waals surface area (Å²) in [5.41, 5.74) is 1.97. The quantitative estimate of drug-likeness (QED) is 0.469. The SMILES string of the molecule is Cc1cnc(-c2ccc(F)c(C(F)(F)F)c2)c(-c2ccn3ncnc3c2)c1. The van der Waals surface area contributed by atoms with Crippen LogP contribution in [0.25, 0.3) is 28.0 Å². The van der Waals surface area contributed by atoms with Crippen LogP contribution in [0.1, 0.15) is 11.1 Å². The van der Waals surface area contributed by atoms with Gasteiger partial charge in [-0.05, 0) is 54.4 Å². The minimum atomic E-state index is -4.79. The smallest absolute Gasteiger partial charge is 0.255 e. The average Bonchev–Trinajstić information content (AvgIpc) is 3.09. The van der Waals surface area contributed by atoms with Crippen molar-refractivity contribution in [3.8, 4) is 22.4 Å². The zero-order chi connectivity index (χ0) is 19.2. The maximum absolute atomic E-state index is 13.6. The van der Waals surface area contributed by atoms with Gasteiger partial charge in [0.25, 0.3) is 0 Å². The fraction of sp³-hybridized carbons (Fsp3) is 0.105. The normalized spacial score (nSPS) is 11.9. The summed E-state index contributed by atoms with van der Waals surface area (Å²) in [4.78, 5) is 8.43. The topological polar surface area (TPSA) is 43.1 Å². The second-order valence-corrected chi connectivity index (χ2v) is 6.08. The highest BCUT2D eigenvalue weighted by Crippen LogP contribution is 2.37. The maximum atomic E-state index is 13.6. The van der Waals surface area contributed by atoms with Gasteiger partial charge >= 0.3 is 6.18 Å². The van der Waals surface area contributed by atoms with Crippen LogP contribution in [-0.2, 0) is 6.18 Å². The number of benzene rings is 1. The first-order valence-corrected chi connectivity index (χ1v) is 7.96. The second kappa shape index (κ2) is 6.15. The van der Waals surface area contributed by atoms with Crippen LogP contribution in [0.4, 0.5) is 17.6 Å². The minimum absolute atomic E-state index is 0.181. The zero-order valence-corrected chi connectivity index (χ0v) is 14.0. The lowest BCUT2D eigenvalue weighted by atomic mass is 9.97. The molecule has 0 N–H and O–H groups in total. The number of hydrogen-bond acceptors (Lipinski definition) is 3. The number of pyridine rings is 2. The van der Waals surface area contributed by atoms with E-state index < -0.39 is 17.6 Å². The highest BCUT2D eigenvalue weighted by molar-refractivity contribution is 5.82. The van der Waals surface area contributed by atoms with Gasteiger partial charge in [0.15, 0.2) is 5.65 Å². The molecule has 3 aromatic heterocycles. The lowest BCUT2D eigenvalue weighted by molar-refractivity contribution is -0.139. The van der Waals surface area contributed by atoms with Crippen molar-refractivity contribution in [3.05, 3.63) is 72.1 Å². The molecule has 4 nitrogen and oxygen atoms in total. The van der Waals surface area contributed by atoms with E-state index in [2.05, 4.69) is 15.1 Å². The van der Waals surface area contributed by atoms with Gasteiger partial charge in [-0.15, -0.1) is 0 Å². The molecule has 1 aromatic carbocycles. The Morgan fingerprint density at radius 1 is 0.963 bits per heavy atom. The molecule has 4 rings (SSSR count). The van der Waals surface area contributed by atoms with Crippen molar-refractivity contribution in [2.24, 2.45) is 0 Å². The van der Waals surface area contributed by atoms with Crippen molar-refractivity contribution in [1.82, 2.24) is 19.6 Å². The lowest BCUT2D eigenvalue weighted by Crippen LogP contribution is -2.08. The van der Waals surface area contributed by atoms with Gasteiger partial charge in [0.05, 0.1) is 11.3 Å². The summed E-state index contributed by atoms with van der Waals surface area (Å²) in [7, 11) is 0. The molecule has 0 unspecified atom stereocenters. The highest BCUT2D eigenvalue weighted by Gasteiger charge is 2.34. The van der Waals surface area contributed by atoms with Crippen molar-refractivity contribution < 1.29 is 17.6 Å². The Labute approximate surface area is 151 Å². The summed E-state index contributed by atoms with van der Waals surface area (Å²) in [5, 5.41) is 4.02. The van der Waals surface area contributed by atoms with Crippen molar-refractivity contribution in [3.63, 3.8) is 0 Å². The van der Waals surface area contributed by atoms with E-state index in [-0.39, 0.29) is 5.56 Å². The largest absolute Gasteiger partial charge is 0.419 e. The van der Waals surface area contributed by atoms with Gasteiger partial charge in [-0.25, -0.2) is 13.9 Å². The first-order valence-electron chi connectivity index (χ1n) is 7.96. The molecule has 0 aliphatic rings. The van der Waals surface area contributed by atoms with E-state index in [0.717, 1.165) is 23.3 Å². The molecule has 0 amide bonds.